The Morgan fingerprint density at radius 3 is 2.35 bits per heavy atom. The maximum atomic E-state index is 11.5. The van der Waals surface area contributed by atoms with Crippen molar-refractivity contribution in [1.82, 2.24) is 5.32 Å². The van der Waals surface area contributed by atoms with Gasteiger partial charge in [-0.2, -0.15) is 0 Å². The van der Waals surface area contributed by atoms with Crippen molar-refractivity contribution in [3.05, 3.63) is 24.3 Å². The second kappa shape index (κ2) is 9.29. The van der Waals surface area contributed by atoms with E-state index in [9.17, 15) is 14.4 Å². The van der Waals surface area contributed by atoms with Crippen LogP contribution in [0.2, 0.25) is 0 Å². The number of anilines is 1. The van der Waals surface area contributed by atoms with Gasteiger partial charge in [0.1, 0.15) is 12.4 Å². The molecule has 1 aromatic carbocycles. The zero-order valence-electron chi connectivity index (χ0n) is 13.3. The van der Waals surface area contributed by atoms with Crippen LogP contribution in [0.3, 0.4) is 0 Å². The minimum Gasteiger partial charge on any atom is -0.497 e. The summed E-state index contributed by atoms with van der Waals surface area (Å²) in [7, 11) is 1.54. The lowest BCUT2D eigenvalue weighted by Crippen LogP contribution is -2.36. The van der Waals surface area contributed by atoms with Crippen LogP contribution in [-0.2, 0) is 19.1 Å². The van der Waals surface area contributed by atoms with Crippen molar-refractivity contribution in [2.45, 2.75) is 20.0 Å². The summed E-state index contributed by atoms with van der Waals surface area (Å²) in [5, 5.41) is 4.80. The monoisotopic (exact) mass is 324 g/mol. The van der Waals surface area contributed by atoms with E-state index < -0.39 is 18.0 Å². The van der Waals surface area contributed by atoms with Gasteiger partial charge in [0.15, 0.2) is 0 Å². The lowest BCUT2D eigenvalue weighted by molar-refractivity contribution is -0.157. The fourth-order valence-electron chi connectivity index (χ4n) is 1.48. The van der Waals surface area contributed by atoms with Crippen LogP contribution in [0.1, 0.15) is 13.8 Å². The molecule has 2 N–H and O–H groups in total. The third-order valence-corrected chi connectivity index (χ3v) is 2.49. The molecule has 2 amide bonds. The van der Waals surface area contributed by atoms with E-state index in [2.05, 4.69) is 10.6 Å². The fraction of sp³-hybridized carbons (Fsp3) is 0.400. The Morgan fingerprint density at radius 2 is 1.78 bits per heavy atom. The van der Waals surface area contributed by atoms with Crippen molar-refractivity contribution in [3.63, 3.8) is 0 Å². The highest BCUT2D eigenvalue weighted by atomic mass is 16.6. The highest BCUT2D eigenvalue weighted by Gasteiger charge is 2.16. The van der Waals surface area contributed by atoms with Gasteiger partial charge in [-0.05, 0) is 38.1 Å². The maximum absolute atomic E-state index is 11.5. The van der Waals surface area contributed by atoms with Gasteiger partial charge in [0.05, 0.1) is 19.8 Å². The first-order valence-corrected chi connectivity index (χ1v) is 6.99. The maximum Gasteiger partial charge on any atom is 0.411 e. The highest BCUT2D eigenvalue weighted by molar-refractivity contribution is 6.32. The standard InChI is InChI=1S/C15H20N2O6/c1-10(2)23-14(19)13(18)16-8-9-22-15(20)17-11-4-6-12(21-3)7-5-11/h4-7,10H,8-9H2,1-3H3,(H,16,18)(H,17,20). The Bertz CT molecular complexity index is 541. The van der Waals surface area contributed by atoms with Crippen LogP contribution in [0, 0.1) is 0 Å². The number of nitrogens with one attached hydrogen (secondary N) is 2. The summed E-state index contributed by atoms with van der Waals surface area (Å²) in [5.41, 5.74) is 0.542. The van der Waals surface area contributed by atoms with Crippen LogP contribution >= 0.6 is 0 Å². The summed E-state index contributed by atoms with van der Waals surface area (Å²) in [6.45, 7) is 3.19. The molecule has 8 nitrogen and oxygen atoms in total. The van der Waals surface area contributed by atoms with Gasteiger partial charge < -0.3 is 19.5 Å². The summed E-state index contributed by atoms with van der Waals surface area (Å²) in [4.78, 5) is 34.1. The number of esters is 1. The molecule has 8 heteroatoms. The fourth-order valence-corrected chi connectivity index (χ4v) is 1.48. The number of carbonyl (C=O) groups is 3. The molecule has 0 spiro atoms. The van der Waals surface area contributed by atoms with Crippen LogP contribution in [0.15, 0.2) is 24.3 Å². The van der Waals surface area contributed by atoms with Crippen LogP contribution in [0.25, 0.3) is 0 Å². The van der Waals surface area contributed by atoms with E-state index in [0.717, 1.165) is 0 Å². The van der Waals surface area contributed by atoms with Crippen molar-refractivity contribution >= 4 is 23.7 Å². The van der Waals surface area contributed by atoms with Gasteiger partial charge in [-0.25, -0.2) is 9.59 Å². The number of hydrogen-bond acceptors (Lipinski definition) is 6. The van der Waals surface area contributed by atoms with Crippen molar-refractivity contribution < 1.29 is 28.6 Å². The van der Waals surface area contributed by atoms with Gasteiger partial charge in [-0.1, -0.05) is 0 Å². The van der Waals surface area contributed by atoms with Gasteiger partial charge in [0, 0.05) is 5.69 Å². The van der Waals surface area contributed by atoms with Crippen LogP contribution in [0.5, 0.6) is 5.75 Å². The summed E-state index contributed by atoms with van der Waals surface area (Å²) in [5.74, 6) is -1.18. The molecule has 0 saturated heterocycles. The second-order valence-electron chi connectivity index (χ2n) is 4.70. The van der Waals surface area contributed by atoms with E-state index >= 15 is 0 Å². The second-order valence-corrected chi connectivity index (χ2v) is 4.70. The van der Waals surface area contributed by atoms with E-state index in [0.29, 0.717) is 11.4 Å². The van der Waals surface area contributed by atoms with Gasteiger partial charge in [-0.3, -0.25) is 10.1 Å². The predicted octanol–water partition coefficient (Wildman–Crippen LogP) is 1.31. The Balaban J connectivity index is 2.23. The quantitative estimate of drug-likeness (QED) is 0.465. The number of benzene rings is 1. The molecule has 126 valence electrons. The largest absolute Gasteiger partial charge is 0.497 e. The topological polar surface area (TPSA) is 103 Å². The molecule has 23 heavy (non-hydrogen) atoms. The molecular formula is C15H20N2O6. The molecule has 0 unspecified atom stereocenters. The number of ether oxygens (including phenoxy) is 3. The molecule has 0 radical (unpaired) electrons. The predicted molar refractivity (Wildman–Crippen MR) is 82.2 cm³/mol. The molecule has 1 rings (SSSR count). The Labute approximate surface area is 134 Å². The number of methoxy groups -OCH3 is 1. The smallest absolute Gasteiger partial charge is 0.411 e. The van der Waals surface area contributed by atoms with Crippen molar-refractivity contribution in [1.29, 1.82) is 0 Å². The van der Waals surface area contributed by atoms with Gasteiger partial charge in [0.25, 0.3) is 0 Å². The minimum atomic E-state index is -0.970. The molecular weight excluding hydrogens is 304 g/mol. The van der Waals surface area contributed by atoms with Crippen molar-refractivity contribution in [2.75, 3.05) is 25.6 Å². The number of carbonyl (C=O) groups excluding carboxylic acids is 3. The van der Waals surface area contributed by atoms with Crippen LogP contribution in [-0.4, -0.2) is 44.3 Å². The molecule has 0 fully saturated rings. The molecule has 1 aromatic rings. The van der Waals surface area contributed by atoms with E-state index in [1.54, 1.807) is 45.2 Å². The van der Waals surface area contributed by atoms with E-state index in [-0.39, 0.29) is 19.3 Å². The van der Waals surface area contributed by atoms with Crippen molar-refractivity contribution in [3.8, 4) is 5.75 Å². The first-order valence-electron chi connectivity index (χ1n) is 6.99. The number of amides is 2. The average Bonchev–Trinajstić information content (AvgIpc) is 2.51. The van der Waals surface area contributed by atoms with Gasteiger partial charge >= 0.3 is 18.0 Å². The Kier molecular flexibility index (Phi) is 7.38. The molecule has 0 aromatic heterocycles. The summed E-state index contributed by atoms with van der Waals surface area (Å²) < 4.78 is 14.6. The molecule has 0 saturated carbocycles. The molecule has 0 aliphatic rings. The van der Waals surface area contributed by atoms with Crippen LogP contribution in [0.4, 0.5) is 10.5 Å². The highest BCUT2D eigenvalue weighted by Crippen LogP contribution is 2.14. The van der Waals surface area contributed by atoms with Gasteiger partial charge in [-0.15, -0.1) is 0 Å². The first-order chi connectivity index (χ1) is 10.9. The van der Waals surface area contributed by atoms with E-state index in [1.807, 2.05) is 0 Å². The summed E-state index contributed by atoms with van der Waals surface area (Å²) in [6.07, 6.45) is -1.05. The molecule has 0 bridgehead atoms. The zero-order valence-corrected chi connectivity index (χ0v) is 13.3. The normalized spacial score (nSPS) is 9.91. The third-order valence-electron chi connectivity index (χ3n) is 2.49. The van der Waals surface area contributed by atoms with E-state index in [4.69, 9.17) is 14.2 Å². The third kappa shape index (κ3) is 7.16. The Hall–Kier alpha value is -2.77. The SMILES string of the molecule is COc1ccc(NC(=O)OCCNC(=O)C(=O)OC(C)C)cc1. The zero-order chi connectivity index (χ0) is 17.2. The van der Waals surface area contributed by atoms with Crippen molar-refractivity contribution in [2.24, 2.45) is 0 Å². The minimum absolute atomic E-state index is 0.00204. The van der Waals surface area contributed by atoms with E-state index in [1.165, 1.54) is 0 Å². The molecule has 0 heterocycles. The number of hydrogen-bond donors (Lipinski definition) is 2. The molecule has 0 aliphatic heterocycles. The van der Waals surface area contributed by atoms with Gasteiger partial charge in [0.2, 0.25) is 0 Å². The van der Waals surface area contributed by atoms with Crippen LogP contribution < -0.4 is 15.4 Å². The summed E-state index contributed by atoms with van der Waals surface area (Å²) >= 11 is 0. The first kappa shape index (κ1) is 18.3. The lowest BCUT2D eigenvalue weighted by atomic mass is 10.3. The molecule has 0 atom stereocenters. The number of rotatable bonds is 6. The summed E-state index contributed by atoms with van der Waals surface area (Å²) in [6, 6.07) is 6.69. The lowest BCUT2D eigenvalue weighted by Gasteiger charge is -2.09. The Morgan fingerprint density at radius 1 is 1.13 bits per heavy atom. The molecule has 0 aliphatic carbocycles. The average molecular weight is 324 g/mol.